The summed E-state index contributed by atoms with van der Waals surface area (Å²) in [6.07, 6.45) is 0.743. The molecular weight excluding hydrogens is 327 g/mol. The first-order chi connectivity index (χ1) is 11.9. The lowest BCUT2D eigenvalue weighted by Gasteiger charge is -2.18. The van der Waals surface area contributed by atoms with E-state index in [9.17, 15) is 14.0 Å². The van der Waals surface area contributed by atoms with Crippen molar-refractivity contribution >= 4 is 17.7 Å². The number of aryl methyl sites for hydroxylation is 1. The van der Waals surface area contributed by atoms with Gasteiger partial charge in [-0.05, 0) is 44.2 Å². The molecule has 134 valence electrons. The largest absolute Gasteiger partial charge is 0.480 e. The molecule has 2 rings (SSSR count). The molecule has 1 aromatic heterocycles. The zero-order valence-corrected chi connectivity index (χ0v) is 14.2. The molecule has 1 heterocycles. The van der Waals surface area contributed by atoms with E-state index in [4.69, 9.17) is 5.11 Å². The predicted octanol–water partition coefficient (Wildman–Crippen LogP) is 2.05. The minimum atomic E-state index is -0.978. The molecule has 2 aromatic rings. The van der Waals surface area contributed by atoms with Gasteiger partial charge in [0.1, 0.15) is 11.6 Å². The maximum absolute atomic E-state index is 13.1. The molecule has 0 radical (unpaired) electrons. The van der Waals surface area contributed by atoms with Crippen LogP contribution in [0.4, 0.5) is 10.2 Å². The van der Waals surface area contributed by atoms with E-state index >= 15 is 0 Å². The number of hydrogen-bond donors (Lipinski definition) is 2. The van der Waals surface area contributed by atoms with Crippen molar-refractivity contribution in [3.05, 3.63) is 41.8 Å². The topological polar surface area (TPSA) is 87.5 Å². The van der Waals surface area contributed by atoms with Gasteiger partial charge in [0.2, 0.25) is 5.91 Å². The maximum atomic E-state index is 13.1. The third-order valence-corrected chi connectivity index (χ3v) is 3.44. The third-order valence-electron chi connectivity index (χ3n) is 3.44. The number of carboxylic acids is 1. The molecule has 7 nitrogen and oxygen atoms in total. The molecule has 0 saturated carbocycles. The minimum Gasteiger partial charge on any atom is -0.480 e. The highest BCUT2D eigenvalue weighted by atomic mass is 19.1. The number of aromatic nitrogens is 2. The summed E-state index contributed by atoms with van der Waals surface area (Å²) in [6.45, 7) is 3.98. The number of hydrogen-bond acceptors (Lipinski definition) is 4. The number of aliphatic carboxylic acids is 1. The fraction of sp³-hybridized carbons (Fsp3) is 0.353. The predicted molar refractivity (Wildman–Crippen MR) is 91.3 cm³/mol. The first-order valence-corrected chi connectivity index (χ1v) is 7.95. The van der Waals surface area contributed by atoms with E-state index in [0.29, 0.717) is 23.7 Å². The lowest BCUT2D eigenvalue weighted by Crippen LogP contribution is -2.37. The van der Waals surface area contributed by atoms with E-state index in [2.05, 4.69) is 10.4 Å². The monoisotopic (exact) mass is 348 g/mol. The fourth-order valence-corrected chi connectivity index (χ4v) is 2.47. The maximum Gasteiger partial charge on any atom is 0.317 e. The number of carbonyl (C=O) groups excluding carboxylic acids is 1. The number of carboxylic acid groups (broad SMARTS) is 1. The van der Waals surface area contributed by atoms with E-state index in [1.807, 2.05) is 6.92 Å². The van der Waals surface area contributed by atoms with Gasteiger partial charge in [0.25, 0.3) is 0 Å². The Morgan fingerprint density at radius 2 is 1.96 bits per heavy atom. The van der Waals surface area contributed by atoms with Crippen molar-refractivity contribution in [2.75, 3.05) is 25.0 Å². The van der Waals surface area contributed by atoms with Gasteiger partial charge in [-0.1, -0.05) is 6.92 Å². The SMILES string of the molecule is CCCN(CC(=O)O)CC(=O)Nc1cc(C)nn1-c1ccc(F)cc1. The van der Waals surface area contributed by atoms with Crippen molar-refractivity contribution in [3.8, 4) is 5.69 Å². The van der Waals surface area contributed by atoms with Crippen molar-refractivity contribution in [3.63, 3.8) is 0 Å². The number of halogens is 1. The van der Waals surface area contributed by atoms with Crippen LogP contribution in [0.25, 0.3) is 5.69 Å². The van der Waals surface area contributed by atoms with Gasteiger partial charge in [0.15, 0.2) is 0 Å². The molecule has 25 heavy (non-hydrogen) atoms. The highest BCUT2D eigenvalue weighted by Gasteiger charge is 2.16. The summed E-state index contributed by atoms with van der Waals surface area (Å²) in [5.41, 5.74) is 1.30. The quantitative estimate of drug-likeness (QED) is 0.762. The Bertz CT molecular complexity index is 743. The highest BCUT2D eigenvalue weighted by Crippen LogP contribution is 2.17. The van der Waals surface area contributed by atoms with E-state index in [-0.39, 0.29) is 24.8 Å². The third kappa shape index (κ3) is 5.39. The molecule has 0 aliphatic heterocycles. The van der Waals surface area contributed by atoms with Crippen molar-refractivity contribution in [2.24, 2.45) is 0 Å². The van der Waals surface area contributed by atoms with Gasteiger partial charge in [-0.3, -0.25) is 14.5 Å². The van der Waals surface area contributed by atoms with E-state index in [0.717, 1.165) is 6.42 Å². The molecule has 1 amide bonds. The molecule has 0 fully saturated rings. The van der Waals surface area contributed by atoms with Crippen LogP contribution in [0.15, 0.2) is 30.3 Å². The van der Waals surface area contributed by atoms with Crippen LogP contribution < -0.4 is 5.32 Å². The molecule has 0 bridgehead atoms. The molecule has 0 unspecified atom stereocenters. The Hall–Kier alpha value is -2.74. The second-order valence-electron chi connectivity index (χ2n) is 5.71. The van der Waals surface area contributed by atoms with Crippen LogP contribution in [0.1, 0.15) is 19.0 Å². The molecule has 0 aliphatic rings. The van der Waals surface area contributed by atoms with Crippen molar-refractivity contribution in [1.29, 1.82) is 0 Å². The van der Waals surface area contributed by atoms with Gasteiger partial charge in [0.05, 0.1) is 24.5 Å². The van der Waals surface area contributed by atoms with Crippen LogP contribution in [0.2, 0.25) is 0 Å². The Balaban J connectivity index is 2.12. The molecule has 0 saturated heterocycles. The molecule has 8 heteroatoms. The lowest BCUT2D eigenvalue weighted by molar-refractivity contribution is -0.138. The van der Waals surface area contributed by atoms with E-state index in [1.54, 1.807) is 30.0 Å². The Kier molecular flexibility index (Phi) is 6.24. The molecular formula is C17H21FN4O3. The van der Waals surface area contributed by atoms with Crippen LogP contribution in [-0.4, -0.2) is 51.3 Å². The van der Waals surface area contributed by atoms with Crippen molar-refractivity contribution in [2.45, 2.75) is 20.3 Å². The summed E-state index contributed by atoms with van der Waals surface area (Å²) in [7, 11) is 0. The number of anilines is 1. The normalized spacial score (nSPS) is 10.9. The number of rotatable bonds is 8. The van der Waals surface area contributed by atoms with Crippen molar-refractivity contribution in [1.82, 2.24) is 14.7 Å². The number of amides is 1. The second-order valence-corrected chi connectivity index (χ2v) is 5.71. The average molecular weight is 348 g/mol. The summed E-state index contributed by atoms with van der Waals surface area (Å²) in [5.74, 6) is -1.23. The van der Waals surface area contributed by atoms with Gasteiger partial charge in [-0.15, -0.1) is 0 Å². The number of nitrogens with one attached hydrogen (secondary N) is 1. The molecule has 0 aliphatic carbocycles. The molecule has 2 N–H and O–H groups in total. The second kappa shape index (κ2) is 8.39. The van der Waals surface area contributed by atoms with E-state index in [1.165, 1.54) is 16.8 Å². The smallest absolute Gasteiger partial charge is 0.317 e. The van der Waals surface area contributed by atoms with Gasteiger partial charge in [-0.25, -0.2) is 9.07 Å². The van der Waals surface area contributed by atoms with Crippen LogP contribution in [0.3, 0.4) is 0 Å². The Labute approximate surface area is 145 Å². The highest BCUT2D eigenvalue weighted by molar-refractivity contribution is 5.92. The summed E-state index contributed by atoms with van der Waals surface area (Å²) in [6, 6.07) is 7.45. The summed E-state index contributed by atoms with van der Waals surface area (Å²) in [5, 5.41) is 16.0. The van der Waals surface area contributed by atoms with Crippen LogP contribution in [0.5, 0.6) is 0 Å². The van der Waals surface area contributed by atoms with Gasteiger partial charge in [-0.2, -0.15) is 5.10 Å². The first kappa shape index (κ1) is 18.6. The molecule has 1 aromatic carbocycles. The molecule has 0 atom stereocenters. The zero-order valence-electron chi connectivity index (χ0n) is 14.2. The van der Waals surface area contributed by atoms with Gasteiger partial charge in [0, 0.05) is 6.07 Å². The Morgan fingerprint density at radius 1 is 1.28 bits per heavy atom. The minimum absolute atomic E-state index is 0.0339. The summed E-state index contributed by atoms with van der Waals surface area (Å²) >= 11 is 0. The van der Waals surface area contributed by atoms with E-state index < -0.39 is 5.97 Å². The number of nitrogens with zero attached hydrogens (tertiary/aromatic N) is 3. The van der Waals surface area contributed by atoms with Crippen LogP contribution >= 0.6 is 0 Å². The average Bonchev–Trinajstić information content (AvgIpc) is 2.88. The van der Waals surface area contributed by atoms with Crippen molar-refractivity contribution < 1.29 is 19.1 Å². The lowest BCUT2D eigenvalue weighted by atomic mass is 10.3. The Morgan fingerprint density at radius 3 is 2.56 bits per heavy atom. The molecule has 0 spiro atoms. The number of carbonyl (C=O) groups is 2. The summed E-state index contributed by atoms with van der Waals surface area (Å²) in [4.78, 5) is 24.7. The number of benzene rings is 1. The first-order valence-electron chi connectivity index (χ1n) is 7.95. The fourth-order valence-electron chi connectivity index (χ4n) is 2.47. The van der Waals surface area contributed by atoms with Gasteiger partial charge < -0.3 is 10.4 Å². The zero-order chi connectivity index (χ0) is 18.4. The van der Waals surface area contributed by atoms with Crippen LogP contribution in [-0.2, 0) is 9.59 Å². The van der Waals surface area contributed by atoms with Gasteiger partial charge >= 0.3 is 5.97 Å². The standard InChI is InChI=1S/C17H21FN4O3/c1-3-8-21(11-17(24)25)10-16(23)19-15-9-12(2)20-22(15)14-6-4-13(18)5-7-14/h4-7,9H,3,8,10-11H2,1-2H3,(H,19,23)(H,24,25). The van der Waals surface area contributed by atoms with Crippen LogP contribution in [0, 0.1) is 12.7 Å². The summed E-state index contributed by atoms with van der Waals surface area (Å²) < 4.78 is 14.6.